The van der Waals surface area contributed by atoms with Crippen molar-refractivity contribution < 1.29 is 0 Å². The van der Waals surface area contributed by atoms with Crippen LogP contribution in [0.2, 0.25) is 0 Å². The molecule has 1 saturated carbocycles. The SMILES string of the molecule is NC1CCCCC1c1cccc2cnccc12. The first kappa shape index (κ1) is 10.7. The van der Waals surface area contributed by atoms with Crippen molar-refractivity contribution in [2.24, 2.45) is 5.73 Å². The van der Waals surface area contributed by atoms with Crippen molar-refractivity contribution in [1.82, 2.24) is 4.98 Å². The molecule has 88 valence electrons. The summed E-state index contributed by atoms with van der Waals surface area (Å²) in [6, 6.07) is 8.92. The van der Waals surface area contributed by atoms with Crippen molar-refractivity contribution in [3.63, 3.8) is 0 Å². The Bertz CT molecular complexity index is 516. The summed E-state index contributed by atoms with van der Waals surface area (Å²) in [7, 11) is 0. The van der Waals surface area contributed by atoms with Gasteiger partial charge in [-0.2, -0.15) is 0 Å². The lowest BCUT2D eigenvalue weighted by atomic mass is 9.79. The van der Waals surface area contributed by atoms with E-state index in [1.807, 2.05) is 12.4 Å². The standard InChI is InChI=1S/C15H18N2/c16-15-7-2-1-5-14(15)13-6-3-4-11-10-17-9-8-12(11)13/h3-4,6,8-10,14-15H,1-2,5,7,16H2. The van der Waals surface area contributed by atoms with E-state index in [9.17, 15) is 0 Å². The van der Waals surface area contributed by atoms with Crippen LogP contribution in [0.5, 0.6) is 0 Å². The summed E-state index contributed by atoms with van der Waals surface area (Å²) in [5, 5.41) is 2.55. The smallest absolute Gasteiger partial charge is 0.0346 e. The molecule has 2 unspecified atom stereocenters. The molecule has 3 rings (SSSR count). The molecule has 1 aromatic carbocycles. The molecule has 2 nitrogen and oxygen atoms in total. The molecule has 1 aromatic heterocycles. The summed E-state index contributed by atoms with van der Waals surface area (Å²) in [5.41, 5.74) is 7.70. The van der Waals surface area contributed by atoms with Crippen LogP contribution in [-0.2, 0) is 0 Å². The number of pyridine rings is 1. The maximum Gasteiger partial charge on any atom is 0.0346 e. The number of aromatic nitrogens is 1. The molecular weight excluding hydrogens is 208 g/mol. The van der Waals surface area contributed by atoms with E-state index in [1.165, 1.54) is 35.6 Å². The van der Waals surface area contributed by atoms with Crippen LogP contribution in [0.4, 0.5) is 0 Å². The molecule has 2 atom stereocenters. The van der Waals surface area contributed by atoms with Gasteiger partial charge < -0.3 is 5.73 Å². The zero-order valence-corrected chi connectivity index (χ0v) is 9.97. The molecule has 2 aromatic rings. The van der Waals surface area contributed by atoms with Gasteiger partial charge in [-0.15, -0.1) is 0 Å². The second-order valence-electron chi connectivity index (χ2n) is 5.00. The van der Waals surface area contributed by atoms with Crippen LogP contribution >= 0.6 is 0 Å². The van der Waals surface area contributed by atoms with Crippen molar-refractivity contribution >= 4 is 10.8 Å². The Morgan fingerprint density at radius 1 is 1.12 bits per heavy atom. The lowest BCUT2D eigenvalue weighted by Gasteiger charge is -2.29. The van der Waals surface area contributed by atoms with E-state index in [-0.39, 0.29) is 0 Å². The van der Waals surface area contributed by atoms with Crippen LogP contribution in [0, 0.1) is 0 Å². The first-order valence-electron chi connectivity index (χ1n) is 6.44. The molecule has 1 heterocycles. The summed E-state index contributed by atoms with van der Waals surface area (Å²) in [6.45, 7) is 0. The van der Waals surface area contributed by atoms with E-state index in [0.717, 1.165) is 6.42 Å². The Morgan fingerprint density at radius 3 is 2.88 bits per heavy atom. The minimum absolute atomic E-state index is 0.322. The molecule has 1 fully saturated rings. The predicted molar refractivity (Wildman–Crippen MR) is 70.9 cm³/mol. The quantitative estimate of drug-likeness (QED) is 0.811. The van der Waals surface area contributed by atoms with Gasteiger partial charge in [-0.1, -0.05) is 31.0 Å². The molecule has 2 heteroatoms. The maximum atomic E-state index is 6.29. The molecule has 0 bridgehead atoms. The van der Waals surface area contributed by atoms with Gasteiger partial charge in [-0.3, -0.25) is 4.98 Å². The van der Waals surface area contributed by atoms with Crippen LogP contribution in [0.3, 0.4) is 0 Å². The van der Waals surface area contributed by atoms with Gasteiger partial charge in [-0.25, -0.2) is 0 Å². The Hall–Kier alpha value is -1.41. The normalized spacial score (nSPS) is 25.0. The van der Waals surface area contributed by atoms with Gasteiger partial charge in [0.15, 0.2) is 0 Å². The Labute approximate surface area is 102 Å². The van der Waals surface area contributed by atoms with Crippen molar-refractivity contribution in [2.45, 2.75) is 37.6 Å². The molecule has 0 amide bonds. The van der Waals surface area contributed by atoms with E-state index in [4.69, 9.17) is 5.73 Å². The third kappa shape index (κ3) is 1.93. The van der Waals surface area contributed by atoms with Crippen LogP contribution in [0.25, 0.3) is 10.8 Å². The molecule has 0 saturated heterocycles. The average Bonchev–Trinajstić information content (AvgIpc) is 2.39. The summed E-state index contributed by atoms with van der Waals surface area (Å²) >= 11 is 0. The molecule has 2 N–H and O–H groups in total. The molecule has 1 aliphatic carbocycles. The van der Waals surface area contributed by atoms with Crippen LogP contribution in [-0.4, -0.2) is 11.0 Å². The molecule has 0 spiro atoms. The zero-order chi connectivity index (χ0) is 11.7. The van der Waals surface area contributed by atoms with Gasteiger partial charge in [0.1, 0.15) is 0 Å². The molecule has 0 aliphatic heterocycles. The van der Waals surface area contributed by atoms with E-state index < -0.39 is 0 Å². The minimum Gasteiger partial charge on any atom is -0.327 e. The summed E-state index contributed by atoms with van der Waals surface area (Å²) in [5.74, 6) is 0.523. The van der Waals surface area contributed by atoms with Gasteiger partial charge in [0.05, 0.1) is 0 Å². The number of nitrogens with two attached hydrogens (primary N) is 1. The van der Waals surface area contributed by atoms with E-state index in [2.05, 4.69) is 29.2 Å². The van der Waals surface area contributed by atoms with Gasteiger partial charge in [0.25, 0.3) is 0 Å². The fourth-order valence-corrected chi connectivity index (χ4v) is 3.02. The maximum absolute atomic E-state index is 6.29. The lowest BCUT2D eigenvalue weighted by Crippen LogP contribution is -2.31. The second-order valence-corrected chi connectivity index (χ2v) is 5.00. The number of hydrogen-bond donors (Lipinski definition) is 1. The monoisotopic (exact) mass is 226 g/mol. The first-order valence-corrected chi connectivity index (χ1v) is 6.44. The summed E-state index contributed by atoms with van der Waals surface area (Å²) in [6.07, 6.45) is 8.78. The predicted octanol–water partition coefficient (Wildman–Crippen LogP) is 3.22. The summed E-state index contributed by atoms with van der Waals surface area (Å²) < 4.78 is 0. The fourth-order valence-electron chi connectivity index (χ4n) is 3.02. The topological polar surface area (TPSA) is 38.9 Å². The highest BCUT2D eigenvalue weighted by atomic mass is 14.7. The largest absolute Gasteiger partial charge is 0.327 e. The number of rotatable bonds is 1. The fraction of sp³-hybridized carbons (Fsp3) is 0.400. The minimum atomic E-state index is 0.322. The Morgan fingerprint density at radius 2 is 2.00 bits per heavy atom. The molecule has 1 aliphatic rings. The van der Waals surface area contributed by atoms with E-state index in [1.54, 1.807) is 0 Å². The van der Waals surface area contributed by atoms with Gasteiger partial charge in [0.2, 0.25) is 0 Å². The van der Waals surface area contributed by atoms with Gasteiger partial charge >= 0.3 is 0 Å². The Balaban J connectivity index is 2.10. The highest BCUT2D eigenvalue weighted by Gasteiger charge is 2.24. The van der Waals surface area contributed by atoms with Gasteiger partial charge in [0, 0.05) is 23.8 Å². The van der Waals surface area contributed by atoms with Crippen molar-refractivity contribution in [2.75, 3.05) is 0 Å². The second kappa shape index (κ2) is 4.46. The van der Waals surface area contributed by atoms with Crippen LogP contribution in [0.15, 0.2) is 36.7 Å². The highest BCUT2D eigenvalue weighted by Crippen LogP contribution is 2.35. The third-order valence-electron chi connectivity index (χ3n) is 3.93. The molecule has 17 heavy (non-hydrogen) atoms. The van der Waals surface area contributed by atoms with Crippen molar-refractivity contribution in [3.8, 4) is 0 Å². The number of hydrogen-bond acceptors (Lipinski definition) is 2. The van der Waals surface area contributed by atoms with E-state index in [0.29, 0.717) is 12.0 Å². The Kier molecular flexibility index (Phi) is 2.81. The van der Waals surface area contributed by atoms with Crippen molar-refractivity contribution in [1.29, 1.82) is 0 Å². The summed E-state index contributed by atoms with van der Waals surface area (Å²) in [4.78, 5) is 4.19. The number of fused-ring (bicyclic) bond motifs is 1. The van der Waals surface area contributed by atoms with Crippen LogP contribution < -0.4 is 5.73 Å². The average molecular weight is 226 g/mol. The number of nitrogens with zero attached hydrogens (tertiary/aromatic N) is 1. The van der Waals surface area contributed by atoms with Crippen LogP contribution in [0.1, 0.15) is 37.2 Å². The third-order valence-corrected chi connectivity index (χ3v) is 3.93. The lowest BCUT2D eigenvalue weighted by molar-refractivity contribution is 0.387. The zero-order valence-electron chi connectivity index (χ0n) is 9.97. The van der Waals surface area contributed by atoms with Crippen molar-refractivity contribution in [3.05, 3.63) is 42.2 Å². The molecule has 0 radical (unpaired) electrons. The van der Waals surface area contributed by atoms with Gasteiger partial charge in [-0.05, 0) is 35.8 Å². The molecular formula is C15H18N2. The number of benzene rings is 1. The highest BCUT2D eigenvalue weighted by molar-refractivity contribution is 5.85. The van der Waals surface area contributed by atoms with E-state index >= 15 is 0 Å². The first-order chi connectivity index (χ1) is 8.36.